The Kier molecular flexibility index (Phi) is 1.04. The van der Waals surface area contributed by atoms with Crippen molar-refractivity contribution in [2.45, 2.75) is 5.54 Å². The van der Waals surface area contributed by atoms with Gasteiger partial charge in [0.05, 0.1) is 19.6 Å². The summed E-state index contributed by atoms with van der Waals surface area (Å²) in [7, 11) is 0. The zero-order valence-corrected chi connectivity index (χ0v) is 6.04. The minimum absolute atomic E-state index is 0.235. The Bertz CT molecular complexity index is 241. The molecule has 5 heteroatoms. The third-order valence-electron chi connectivity index (χ3n) is 2.17. The lowest BCUT2D eigenvalue weighted by Crippen LogP contribution is -2.60. The lowest BCUT2D eigenvalue weighted by molar-refractivity contribution is 0.227. The monoisotopic (exact) mass is 154 g/mol. The van der Waals surface area contributed by atoms with Crippen molar-refractivity contribution in [2.24, 2.45) is 10.7 Å². The van der Waals surface area contributed by atoms with Crippen LogP contribution in [-0.2, 0) is 0 Å². The van der Waals surface area contributed by atoms with E-state index in [1.54, 1.807) is 0 Å². The van der Waals surface area contributed by atoms with Gasteiger partial charge in [-0.25, -0.2) is 4.99 Å². The summed E-state index contributed by atoms with van der Waals surface area (Å²) in [5.41, 5.74) is 4.97. The van der Waals surface area contributed by atoms with E-state index in [-0.39, 0.29) is 18.0 Å². The fourth-order valence-corrected chi connectivity index (χ4v) is 1.29. The molecular formula is C6H10N4O. The van der Waals surface area contributed by atoms with Crippen LogP contribution >= 0.6 is 0 Å². The maximum Gasteiger partial charge on any atom is 0.214 e. The highest BCUT2D eigenvalue weighted by Gasteiger charge is 2.58. The highest BCUT2D eigenvalue weighted by atomic mass is 16.3. The molecular weight excluding hydrogens is 144 g/mol. The van der Waals surface area contributed by atoms with E-state index in [1.807, 2.05) is 4.90 Å². The number of hydrogen-bond donors (Lipinski definition) is 3. The quantitative estimate of drug-likeness (QED) is 0.332. The second-order valence-electron chi connectivity index (χ2n) is 2.97. The topological polar surface area (TPSA) is 85.7 Å². The van der Waals surface area contributed by atoms with E-state index < -0.39 is 0 Å². The van der Waals surface area contributed by atoms with Crippen LogP contribution in [0.3, 0.4) is 0 Å². The van der Waals surface area contributed by atoms with E-state index in [1.165, 1.54) is 0 Å². The van der Waals surface area contributed by atoms with Gasteiger partial charge in [-0.15, -0.1) is 0 Å². The van der Waals surface area contributed by atoms with Crippen LogP contribution in [0.5, 0.6) is 0 Å². The van der Waals surface area contributed by atoms with Gasteiger partial charge >= 0.3 is 0 Å². The van der Waals surface area contributed by atoms with Crippen LogP contribution in [0.25, 0.3) is 0 Å². The maximum absolute atomic E-state index is 8.93. The average molecular weight is 154 g/mol. The smallest absolute Gasteiger partial charge is 0.214 e. The van der Waals surface area contributed by atoms with Crippen LogP contribution < -0.4 is 5.73 Å². The molecule has 4 N–H and O–H groups in total. The Morgan fingerprint density at radius 1 is 1.82 bits per heavy atom. The summed E-state index contributed by atoms with van der Waals surface area (Å²) in [5.74, 6) is 0.657. The van der Waals surface area contributed by atoms with Gasteiger partial charge in [0.2, 0.25) is 5.90 Å². The standard InChI is InChI=1S/C6H10N4O/c7-1-4(8)10-2-6(3-10)5(11)9-6/h8H,1-3,7H2,(H,9,11). The summed E-state index contributed by atoms with van der Waals surface area (Å²) in [6.45, 7) is 1.53. The van der Waals surface area contributed by atoms with E-state index in [0.717, 1.165) is 0 Å². The summed E-state index contributed by atoms with van der Waals surface area (Å²) >= 11 is 0. The summed E-state index contributed by atoms with van der Waals surface area (Å²) < 4.78 is 0. The molecule has 1 fully saturated rings. The Hall–Kier alpha value is -1.10. The van der Waals surface area contributed by atoms with Gasteiger partial charge in [0, 0.05) is 0 Å². The SMILES string of the molecule is N=C(CN)N1CC2(C1)N=C2O. The van der Waals surface area contributed by atoms with Crippen molar-refractivity contribution in [1.29, 1.82) is 5.41 Å². The summed E-state index contributed by atoms with van der Waals surface area (Å²) in [5, 5.41) is 16.3. The molecule has 2 rings (SSSR count). The van der Waals surface area contributed by atoms with Crippen molar-refractivity contribution >= 4 is 11.7 Å². The van der Waals surface area contributed by atoms with Gasteiger partial charge in [-0.3, -0.25) is 5.41 Å². The molecule has 60 valence electrons. The second-order valence-corrected chi connectivity index (χ2v) is 2.97. The van der Waals surface area contributed by atoms with E-state index in [0.29, 0.717) is 18.9 Å². The van der Waals surface area contributed by atoms with Crippen LogP contribution in [0, 0.1) is 5.41 Å². The van der Waals surface area contributed by atoms with Gasteiger partial charge in [0.25, 0.3) is 0 Å². The molecule has 0 bridgehead atoms. The van der Waals surface area contributed by atoms with Crippen molar-refractivity contribution in [3.05, 3.63) is 0 Å². The molecule has 0 atom stereocenters. The van der Waals surface area contributed by atoms with E-state index in [9.17, 15) is 0 Å². The molecule has 0 aromatic rings. The average Bonchev–Trinajstić information content (AvgIpc) is 2.57. The molecule has 2 aliphatic heterocycles. The fourth-order valence-electron chi connectivity index (χ4n) is 1.29. The molecule has 0 unspecified atom stereocenters. The van der Waals surface area contributed by atoms with Crippen LogP contribution in [-0.4, -0.2) is 46.9 Å². The van der Waals surface area contributed by atoms with Gasteiger partial charge in [-0.05, 0) is 0 Å². The number of amidine groups is 1. The lowest BCUT2D eigenvalue weighted by atomic mass is 9.98. The minimum Gasteiger partial charge on any atom is -0.495 e. The number of nitrogens with one attached hydrogen (secondary N) is 1. The third-order valence-corrected chi connectivity index (χ3v) is 2.17. The molecule has 0 saturated carbocycles. The first kappa shape index (κ1) is 6.60. The predicted molar refractivity (Wildman–Crippen MR) is 41.1 cm³/mol. The Morgan fingerprint density at radius 2 is 2.36 bits per heavy atom. The zero-order valence-electron chi connectivity index (χ0n) is 6.04. The van der Waals surface area contributed by atoms with Crippen molar-refractivity contribution in [2.75, 3.05) is 19.6 Å². The number of aliphatic imine (C=N–C) groups is 1. The molecule has 11 heavy (non-hydrogen) atoms. The molecule has 1 saturated heterocycles. The normalized spacial score (nSPS) is 24.5. The van der Waals surface area contributed by atoms with Crippen LogP contribution in [0.1, 0.15) is 0 Å². The van der Waals surface area contributed by atoms with Gasteiger partial charge < -0.3 is 15.7 Å². The molecule has 0 aromatic carbocycles. The van der Waals surface area contributed by atoms with E-state index in [2.05, 4.69) is 4.99 Å². The molecule has 0 radical (unpaired) electrons. The largest absolute Gasteiger partial charge is 0.495 e. The van der Waals surface area contributed by atoms with Crippen molar-refractivity contribution in [1.82, 2.24) is 4.90 Å². The van der Waals surface area contributed by atoms with Crippen molar-refractivity contribution < 1.29 is 5.11 Å². The first-order valence-electron chi connectivity index (χ1n) is 3.50. The minimum atomic E-state index is -0.290. The van der Waals surface area contributed by atoms with Crippen molar-refractivity contribution in [3.8, 4) is 0 Å². The lowest BCUT2D eigenvalue weighted by Gasteiger charge is -2.39. The number of aliphatic hydroxyl groups excluding tert-OH is 1. The van der Waals surface area contributed by atoms with Crippen LogP contribution in [0.15, 0.2) is 4.99 Å². The van der Waals surface area contributed by atoms with Gasteiger partial charge in [0.15, 0.2) is 5.54 Å². The number of nitrogens with zero attached hydrogens (tertiary/aromatic N) is 2. The van der Waals surface area contributed by atoms with E-state index in [4.69, 9.17) is 16.2 Å². The fraction of sp³-hybridized carbons (Fsp3) is 0.667. The van der Waals surface area contributed by atoms with Crippen molar-refractivity contribution in [3.63, 3.8) is 0 Å². The number of likely N-dealkylation sites (tertiary alicyclic amines) is 1. The third kappa shape index (κ3) is 0.742. The number of aliphatic hydroxyl groups is 1. The van der Waals surface area contributed by atoms with Gasteiger partial charge in [0.1, 0.15) is 5.84 Å². The maximum atomic E-state index is 8.93. The molecule has 2 heterocycles. The first-order chi connectivity index (χ1) is 5.18. The summed E-state index contributed by atoms with van der Waals surface area (Å²) in [6.07, 6.45) is 0. The number of rotatable bonds is 1. The highest BCUT2D eigenvalue weighted by molar-refractivity contribution is 6.01. The van der Waals surface area contributed by atoms with Crippen LogP contribution in [0.2, 0.25) is 0 Å². The molecule has 0 amide bonds. The Morgan fingerprint density at radius 3 is 2.73 bits per heavy atom. The second kappa shape index (κ2) is 1.73. The van der Waals surface area contributed by atoms with Gasteiger partial charge in [-0.2, -0.15) is 0 Å². The highest BCUT2D eigenvalue weighted by Crippen LogP contribution is 2.36. The first-order valence-corrected chi connectivity index (χ1v) is 3.50. The molecule has 5 nitrogen and oxygen atoms in total. The molecule has 0 aromatic heterocycles. The number of nitrogens with two attached hydrogens (primary N) is 1. The Labute approximate surface area is 64.0 Å². The van der Waals surface area contributed by atoms with Crippen LogP contribution in [0.4, 0.5) is 0 Å². The van der Waals surface area contributed by atoms with Gasteiger partial charge in [-0.1, -0.05) is 0 Å². The molecule has 0 aliphatic carbocycles. The summed E-state index contributed by atoms with van der Waals surface area (Å²) in [6, 6.07) is 0. The van der Waals surface area contributed by atoms with E-state index >= 15 is 0 Å². The number of hydrogen-bond acceptors (Lipinski definition) is 3. The molecule has 2 aliphatic rings. The summed E-state index contributed by atoms with van der Waals surface area (Å²) in [4.78, 5) is 5.66. The zero-order chi connectivity index (χ0) is 8.06. The Balaban J connectivity index is 1.85. The predicted octanol–water partition coefficient (Wildman–Crippen LogP) is -1.05. The molecule has 1 spiro atoms.